The molecule has 0 spiro atoms. The van der Waals surface area contributed by atoms with Crippen molar-refractivity contribution in [3.05, 3.63) is 64.2 Å². The number of alkyl halides is 1. The normalized spacial score (nSPS) is 17.5. The standard InChI is InChI=1S/C22H19Cl2N3O3/c23-9-1-10-26-11-8-15-12-14(2-7-19(15)26)13-18-20(28)25-22(30)27(21(18)29)17-5-3-16(24)4-6-17/h2-7,12-13H,1,8-11H2,(H,25,28,30)/b18-13+. The monoisotopic (exact) mass is 443 g/mol. The smallest absolute Gasteiger partial charge is 0.335 e. The molecule has 2 aromatic carbocycles. The Bertz CT molecular complexity index is 1050. The largest absolute Gasteiger partial charge is 0.371 e. The number of rotatable bonds is 5. The number of hydrogen-bond acceptors (Lipinski definition) is 4. The average molecular weight is 444 g/mol. The molecule has 4 rings (SSSR count). The van der Waals surface area contributed by atoms with E-state index in [1.807, 2.05) is 18.2 Å². The third-order valence-electron chi connectivity index (χ3n) is 5.15. The highest BCUT2D eigenvalue weighted by Crippen LogP contribution is 2.30. The summed E-state index contributed by atoms with van der Waals surface area (Å²) in [6, 6.07) is 11.3. The van der Waals surface area contributed by atoms with E-state index in [-0.39, 0.29) is 5.57 Å². The number of urea groups is 1. The predicted molar refractivity (Wildman–Crippen MR) is 118 cm³/mol. The lowest BCUT2D eigenvalue weighted by molar-refractivity contribution is -0.122. The second kappa shape index (κ2) is 8.50. The van der Waals surface area contributed by atoms with Gasteiger partial charge in [-0.25, -0.2) is 9.69 Å². The zero-order valence-corrected chi connectivity index (χ0v) is 17.5. The molecule has 0 bridgehead atoms. The highest BCUT2D eigenvalue weighted by atomic mass is 35.5. The Morgan fingerprint density at radius 1 is 1.07 bits per heavy atom. The number of anilines is 2. The van der Waals surface area contributed by atoms with Gasteiger partial charge in [0.25, 0.3) is 11.8 Å². The van der Waals surface area contributed by atoms with Gasteiger partial charge in [0, 0.05) is 29.7 Å². The van der Waals surface area contributed by atoms with Crippen LogP contribution in [-0.2, 0) is 16.0 Å². The summed E-state index contributed by atoms with van der Waals surface area (Å²) in [5.74, 6) is -0.759. The van der Waals surface area contributed by atoms with Gasteiger partial charge in [-0.3, -0.25) is 14.9 Å². The summed E-state index contributed by atoms with van der Waals surface area (Å²) in [5, 5.41) is 2.71. The summed E-state index contributed by atoms with van der Waals surface area (Å²) < 4.78 is 0. The minimum absolute atomic E-state index is 0.0958. The molecule has 6 nitrogen and oxygen atoms in total. The lowest BCUT2D eigenvalue weighted by atomic mass is 10.0. The van der Waals surface area contributed by atoms with Gasteiger partial charge in [-0.15, -0.1) is 11.6 Å². The Labute approximate surface area is 184 Å². The summed E-state index contributed by atoms with van der Waals surface area (Å²) >= 11 is 11.7. The lowest BCUT2D eigenvalue weighted by Gasteiger charge is -2.26. The number of nitrogens with zero attached hydrogens (tertiary/aromatic N) is 2. The first-order valence-electron chi connectivity index (χ1n) is 9.59. The van der Waals surface area contributed by atoms with Crippen LogP contribution in [0.2, 0.25) is 5.02 Å². The third kappa shape index (κ3) is 3.93. The van der Waals surface area contributed by atoms with Crippen molar-refractivity contribution in [1.29, 1.82) is 0 Å². The van der Waals surface area contributed by atoms with Crippen molar-refractivity contribution in [2.45, 2.75) is 12.8 Å². The van der Waals surface area contributed by atoms with Crippen LogP contribution in [0.4, 0.5) is 16.2 Å². The van der Waals surface area contributed by atoms with E-state index < -0.39 is 17.8 Å². The minimum atomic E-state index is -0.784. The summed E-state index contributed by atoms with van der Waals surface area (Å²) in [4.78, 5) is 40.8. The van der Waals surface area contributed by atoms with Crippen LogP contribution in [0.25, 0.3) is 6.08 Å². The van der Waals surface area contributed by atoms with E-state index in [2.05, 4.69) is 10.2 Å². The number of halogens is 2. The first-order chi connectivity index (χ1) is 14.5. The molecule has 1 fully saturated rings. The van der Waals surface area contributed by atoms with Crippen molar-refractivity contribution >= 4 is 58.5 Å². The average Bonchev–Trinajstić information content (AvgIpc) is 3.13. The Kier molecular flexibility index (Phi) is 5.79. The molecule has 1 N–H and O–H groups in total. The van der Waals surface area contributed by atoms with E-state index in [9.17, 15) is 14.4 Å². The van der Waals surface area contributed by atoms with Gasteiger partial charge in [0.1, 0.15) is 5.57 Å². The van der Waals surface area contributed by atoms with Gasteiger partial charge < -0.3 is 4.90 Å². The Balaban J connectivity index is 1.62. The van der Waals surface area contributed by atoms with Crippen LogP contribution in [0, 0.1) is 0 Å². The molecule has 0 unspecified atom stereocenters. The van der Waals surface area contributed by atoms with E-state index in [0.717, 1.165) is 47.6 Å². The highest BCUT2D eigenvalue weighted by Gasteiger charge is 2.36. The molecule has 0 aliphatic carbocycles. The van der Waals surface area contributed by atoms with Gasteiger partial charge in [0.05, 0.1) is 5.69 Å². The van der Waals surface area contributed by atoms with Crippen molar-refractivity contribution in [2.24, 2.45) is 0 Å². The van der Waals surface area contributed by atoms with Crippen LogP contribution in [0.3, 0.4) is 0 Å². The third-order valence-corrected chi connectivity index (χ3v) is 5.67. The predicted octanol–water partition coefficient (Wildman–Crippen LogP) is 4.00. The molecule has 2 aromatic rings. The molecule has 8 heteroatoms. The topological polar surface area (TPSA) is 69.7 Å². The van der Waals surface area contributed by atoms with Gasteiger partial charge in [-0.1, -0.05) is 17.7 Å². The summed E-state index contributed by atoms with van der Waals surface area (Å²) in [5.41, 5.74) is 3.29. The fourth-order valence-corrected chi connectivity index (χ4v) is 3.96. The highest BCUT2D eigenvalue weighted by molar-refractivity contribution is 6.39. The molecule has 2 heterocycles. The number of carbonyl (C=O) groups excluding carboxylic acids is 3. The fraction of sp³-hybridized carbons (Fsp3) is 0.227. The Morgan fingerprint density at radius 3 is 2.57 bits per heavy atom. The molecule has 2 aliphatic heterocycles. The molecule has 0 aromatic heterocycles. The number of imide groups is 2. The maximum absolute atomic E-state index is 13.0. The molecule has 0 saturated carbocycles. The molecule has 2 aliphatic rings. The van der Waals surface area contributed by atoms with Crippen molar-refractivity contribution in [3.8, 4) is 0 Å². The van der Waals surface area contributed by atoms with Crippen LogP contribution in [0.1, 0.15) is 17.5 Å². The lowest BCUT2D eigenvalue weighted by Crippen LogP contribution is -2.54. The Hall–Kier alpha value is -2.83. The number of nitrogens with one attached hydrogen (secondary N) is 1. The SMILES string of the molecule is O=C1NC(=O)N(c2ccc(Cl)cc2)C(=O)/C1=C/c1ccc2c(c1)CCN2CCCCl. The van der Waals surface area contributed by atoms with Crippen LogP contribution in [0.15, 0.2) is 48.0 Å². The molecule has 30 heavy (non-hydrogen) atoms. The van der Waals surface area contributed by atoms with E-state index in [1.165, 1.54) is 6.08 Å². The van der Waals surface area contributed by atoms with Crippen LogP contribution >= 0.6 is 23.2 Å². The van der Waals surface area contributed by atoms with Gasteiger partial charge >= 0.3 is 6.03 Å². The number of hydrogen-bond donors (Lipinski definition) is 1. The van der Waals surface area contributed by atoms with Crippen LogP contribution < -0.4 is 15.1 Å². The van der Waals surface area contributed by atoms with Crippen molar-refractivity contribution in [1.82, 2.24) is 5.32 Å². The fourth-order valence-electron chi connectivity index (χ4n) is 3.71. The second-order valence-electron chi connectivity index (χ2n) is 7.10. The summed E-state index contributed by atoms with van der Waals surface area (Å²) in [6.45, 7) is 1.82. The van der Waals surface area contributed by atoms with E-state index in [0.29, 0.717) is 16.6 Å². The zero-order chi connectivity index (χ0) is 21.3. The minimum Gasteiger partial charge on any atom is -0.371 e. The van der Waals surface area contributed by atoms with Gasteiger partial charge in [0.2, 0.25) is 0 Å². The molecule has 4 amide bonds. The zero-order valence-electron chi connectivity index (χ0n) is 16.0. The van der Waals surface area contributed by atoms with Crippen LogP contribution in [-0.4, -0.2) is 36.8 Å². The van der Waals surface area contributed by atoms with Crippen molar-refractivity contribution in [3.63, 3.8) is 0 Å². The maximum Gasteiger partial charge on any atom is 0.335 e. The van der Waals surface area contributed by atoms with Crippen molar-refractivity contribution in [2.75, 3.05) is 28.8 Å². The number of fused-ring (bicyclic) bond motifs is 1. The van der Waals surface area contributed by atoms with Gasteiger partial charge in [-0.05, 0) is 66.4 Å². The van der Waals surface area contributed by atoms with E-state index in [1.54, 1.807) is 24.3 Å². The first kappa shape index (κ1) is 20.4. The van der Waals surface area contributed by atoms with Gasteiger partial charge in [0.15, 0.2) is 0 Å². The van der Waals surface area contributed by atoms with Crippen LogP contribution in [0.5, 0.6) is 0 Å². The molecular weight excluding hydrogens is 425 g/mol. The number of amides is 4. The maximum atomic E-state index is 13.0. The second-order valence-corrected chi connectivity index (χ2v) is 7.92. The van der Waals surface area contributed by atoms with Crippen molar-refractivity contribution < 1.29 is 14.4 Å². The van der Waals surface area contributed by atoms with E-state index in [4.69, 9.17) is 23.2 Å². The van der Waals surface area contributed by atoms with E-state index >= 15 is 0 Å². The summed E-state index contributed by atoms with van der Waals surface area (Å²) in [7, 11) is 0. The number of barbiturate groups is 1. The molecule has 154 valence electrons. The molecule has 0 atom stereocenters. The number of carbonyl (C=O) groups is 3. The first-order valence-corrected chi connectivity index (χ1v) is 10.5. The molecule has 0 radical (unpaired) electrons. The number of benzene rings is 2. The Morgan fingerprint density at radius 2 is 1.83 bits per heavy atom. The quantitative estimate of drug-likeness (QED) is 0.430. The summed E-state index contributed by atoms with van der Waals surface area (Å²) in [6.07, 6.45) is 3.33. The molecular formula is C22H19Cl2N3O3. The molecule has 1 saturated heterocycles. The van der Waals surface area contributed by atoms with Gasteiger partial charge in [-0.2, -0.15) is 0 Å².